The van der Waals surface area contributed by atoms with E-state index in [0.717, 1.165) is 6.42 Å². The first kappa shape index (κ1) is 14.3. The molecule has 2 N–H and O–H groups in total. The lowest BCUT2D eigenvalue weighted by Gasteiger charge is -2.20. The smallest absolute Gasteiger partial charge is 0.0651 e. The third kappa shape index (κ3) is 2.60. The fraction of sp³-hybridized carbons (Fsp3) is 0.412. The fourth-order valence-corrected chi connectivity index (χ4v) is 3.57. The standard InChI is InChI=1S/C17H23NS/c1-6-14-7-8-15(19-14)17(18)16-12(4)10(2)9-11(3)13(16)5/h7-9,17H,6,18H2,1-5H3. The van der Waals surface area contributed by atoms with E-state index in [2.05, 4.69) is 52.8 Å². The van der Waals surface area contributed by atoms with Crippen LogP contribution in [0.15, 0.2) is 18.2 Å². The van der Waals surface area contributed by atoms with Crippen LogP contribution >= 0.6 is 11.3 Å². The van der Waals surface area contributed by atoms with Gasteiger partial charge in [0.25, 0.3) is 0 Å². The zero-order chi connectivity index (χ0) is 14.2. The molecule has 2 aromatic rings. The molecule has 1 aromatic carbocycles. The fourth-order valence-electron chi connectivity index (χ4n) is 2.61. The van der Waals surface area contributed by atoms with E-state index in [4.69, 9.17) is 5.73 Å². The normalized spacial score (nSPS) is 12.7. The van der Waals surface area contributed by atoms with Crippen molar-refractivity contribution < 1.29 is 0 Å². The molecule has 0 saturated carbocycles. The average Bonchev–Trinajstić information content (AvgIpc) is 2.85. The molecule has 1 aromatic heterocycles. The summed E-state index contributed by atoms with van der Waals surface area (Å²) in [5.74, 6) is 0. The van der Waals surface area contributed by atoms with Crippen molar-refractivity contribution >= 4 is 11.3 Å². The molecule has 0 aliphatic heterocycles. The molecule has 1 heterocycles. The molecule has 0 spiro atoms. The minimum Gasteiger partial charge on any atom is -0.320 e. The van der Waals surface area contributed by atoms with Crippen LogP contribution in [0, 0.1) is 27.7 Å². The third-order valence-electron chi connectivity index (χ3n) is 4.07. The molecule has 0 bridgehead atoms. The Kier molecular flexibility index (Phi) is 4.12. The SMILES string of the molecule is CCc1ccc(C(N)c2c(C)c(C)cc(C)c2C)s1. The minimum atomic E-state index is 0.00361. The van der Waals surface area contributed by atoms with Crippen LogP contribution in [0.3, 0.4) is 0 Å². The van der Waals surface area contributed by atoms with E-state index in [1.807, 2.05) is 11.3 Å². The Balaban J connectivity index is 2.52. The van der Waals surface area contributed by atoms with Gasteiger partial charge in [0.2, 0.25) is 0 Å². The number of hydrogen-bond acceptors (Lipinski definition) is 2. The Labute approximate surface area is 120 Å². The second-order valence-electron chi connectivity index (χ2n) is 5.31. The molecule has 0 aliphatic carbocycles. The Morgan fingerprint density at radius 2 is 1.63 bits per heavy atom. The van der Waals surface area contributed by atoms with E-state index in [0.29, 0.717) is 0 Å². The van der Waals surface area contributed by atoms with Crippen molar-refractivity contribution in [3.8, 4) is 0 Å². The third-order valence-corrected chi connectivity index (χ3v) is 5.39. The Morgan fingerprint density at radius 1 is 1.05 bits per heavy atom. The number of aryl methyl sites for hydroxylation is 3. The molecule has 0 fully saturated rings. The van der Waals surface area contributed by atoms with E-state index >= 15 is 0 Å². The van der Waals surface area contributed by atoms with Crippen molar-refractivity contribution in [2.24, 2.45) is 5.73 Å². The van der Waals surface area contributed by atoms with Crippen LogP contribution in [0.2, 0.25) is 0 Å². The van der Waals surface area contributed by atoms with Crippen LogP contribution < -0.4 is 5.73 Å². The monoisotopic (exact) mass is 273 g/mol. The van der Waals surface area contributed by atoms with Gasteiger partial charge in [-0.15, -0.1) is 11.3 Å². The van der Waals surface area contributed by atoms with Gasteiger partial charge in [-0.3, -0.25) is 0 Å². The van der Waals surface area contributed by atoms with Gasteiger partial charge in [-0.05, 0) is 74.1 Å². The summed E-state index contributed by atoms with van der Waals surface area (Å²) in [5.41, 5.74) is 13.2. The van der Waals surface area contributed by atoms with Gasteiger partial charge < -0.3 is 5.73 Å². The van der Waals surface area contributed by atoms with Gasteiger partial charge in [-0.2, -0.15) is 0 Å². The molecule has 0 aliphatic rings. The van der Waals surface area contributed by atoms with E-state index in [1.54, 1.807) is 0 Å². The summed E-state index contributed by atoms with van der Waals surface area (Å²) in [5, 5.41) is 0. The zero-order valence-electron chi connectivity index (χ0n) is 12.5. The lowest BCUT2D eigenvalue weighted by Crippen LogP contribution is -2.15. The second-order valence-corrected chi connectivity index (χ2v) is 6.51. The summed E-state index contributed by atoms with van der Waals surface area (Å²) in [6.45, 7) is 10.9. The lowest BCUT2D eigenvalue weighted by molar-refractivity contribution is 0.864. The summed E-state index contributed by atoms with van der Waals surface area (Å²) in [4.78, 5) is 2.68. The Morgan fingerprint density at radius 3 is 2.11 bits per heavy atom. The van der Waals surface area contributed by atoms with E-state index in [1.165, 1.54) is 37.6 Å². The molecule has 1 unspecified atom stereocenters. The molecule has 0 radical (unpaired) electrons. The maximum absolute atomic E-state index is 6.53. The highest BCUT2D eigenvalue weighted by Crippen LogP contribution is 2.33. The Hall–Kier alpha value is -1.12. The van der Waals surface area contributed by atoms with E-state index in [9.17, 15) is 0 Å². The molecule has 2 rings (SSSR count). The summed E-state index contributed by atoms with van der Waals surface area (Å²) in [6, 6.07) is 6.65. The van der Waals surface area contributed by atoms with Crippen LogP contribution in [0.4, 0.5) is 0 Å². The van der Waals surface area contributed by atoms with Crippen LogP contribution in [0.5, 0.6) is 0 Å². The van der Waals surface area contributed by atoms with Crippen molar-refractivity contribution in [2.75, 3.05) is 0 Å². The highest BCUT2D eigenvalue weighted by atomic mass is 32.1. The van der Waals surface area contributed by atoms with E-state index < -0.39 is 0 Å². The summed E-state index contributed by atoms with van der Waals surface area (Å²) >= 11 is 1.84. The first-order valence-electron chi connectivity index (χ1n) is 6.87. The molecule has 0 amide bonds. The summed E-state index contributed by atoms with van der Waals surface area (Å²) in [6.07, 6.45) is 1.09. The largest absolute Gasteiger partial charge is 0.320 e. The van der Waals surface area contributed by atoms with Crippen molar-refractivity contribution in [1.29, 1.82) is 0 Å². The highest BCUT2D eigenvalue weighted by molar-refractivity contribution is 7.12. The molecule has 0 saturated heterocycles. The van der Waals surface area contributed by atoms with Gasteiger partial charge in [0.05, 0.1) is 6.04 Å². The van der Waals surface area contributed by atoms with Gasteiger partial charge in [-0.25, -0.2) is 0 Å². The lowest BCUT2D eigenvalue weighted by atomic mass is 9.89. The van der Waals surface area contributed by atoms with Crippen molar-refractivity contribution in [3.05, 3.63) is 55.8 Å². The number of benzene rings is 1. The van der Waals surface area contributed by atoms with Gasteiger partial charge in [0.15, 0.2) is 0 Å². The van der Waals surface area contributed by atoms with Crippen molar-refractivity contribution in [2.45, 2.75) is 47.1 Å². The quantitative estimate of drug-likeness (QED) is 0.869. The van der Waals surface area contributed by atoms with Crippen molar-refractivity contribution in [1.82, 2.24) is 0 Å². The number of rotatable bonds is 3. The van der Waals surface area contributed by atoms with Gasteiger partial charge in [0, 0.05) is 9.75 Å². The first-order chi connectivity index (χ1) is 8.95. The zero-order valence-corrected chi connectivity index (χ0v) is 13.3. The van der Waals surface area contributed by atoms with Crippen LogP contribution in [0.1, 0.15) is 50.5 Å². The maximum Gasteiger partial charge on any atom is 0.0651 e. The second kappa shape index (κ2) is 5.48. The van der Waals surface area contributed by atoms with Crippen LogP contribution in [-0.4, -0.2) is 0 Å². The number of thiophene rings is 1. The molecule has 1 atom stereocenters. The predicted octanol–water partition coefficient (Wildman–Crippen LogP) is 4.59. The first-order valence-corrected chi connectivity index (χ1v) is 7.68. The maximum atomic E-state index is 6.53. The molecule has 2 heteroatoms. The Bertz CT molecular complexity index is 569. The van der Waals surface area contributed by atoms with E-state index in [-0.39, 0.29) is 6.04 Å². The average molecular weight is 273 g/mol. The molecule has 1 nitrogen and oxygen atoms in total. The van der Waals surface area contributed by atoms with Gasteiger partial charge in [0.1, 0.15) is 0 Å². The highest BCUT2D eigenvalue weighted by Gasteiger charge is 2.18. The molecular weight excluding hydrogens is 250 g/mol. The molecular formula is C17H23NS. The van der Waals surface area contributed by atoms with Crippen molar-refractivity contribution in [3.63, 3.8) is 0 Å². The van der Waals surface area contributed by atoms with Gasteiger partial charge in [-0.1, -0.05) is 13.0 Å². The van der Waals surface area contributed by atoms with Crippen LogP contribution in [-0.2, 0) is 6.42 Å². The minimum absolute atomic E-state index is 0.00361. The number of nitrogens with two attached hydrogens (primary N) is 1. The predicted molar refractivity (Wildman–Crippen MR) is 85.1 cm³/mol. The number of hydrogen-bond donors (Lipinski definition) is 1. The van der Waals surface area contributed by atoms with Gasteiger partial charge >= 0.3 is 0 Å². The summed E-state index contributed by atoms with van der Waals surface area (Å²) in [7, 11) is 0. The topological polar surface area (TPSA) is 26.0 Å². The molecule has 19 heavy (non-hydrogen) atoms. The molecule has 102 valence electrons. The van der Waals surface area contributed by atoms with Crippen LogP contribution in [0.25, 0.3) is 0 Å². The summed E-state index contributed by atoms with van der Waals surface area (Å²) < 4.78 is 0.